The number of ether oxygens (including phenoxy) is 1. The molecular formula is C22H27ClN2O2S. The van der Waals surface area contributed by atoms with Gasteiger partial charge in [0, 0.05) is 40.4 Å². The molecule has 0 spiro atoms. The van der Waals surface area contributed by atoms with Gasteiger partial charge in [0.25, 0.3) is 5.91 Å². The summed E-state index contributed by atoms with van der Waals surface area (Å²) in [4.78, 5) is 16.2. The Bertz CT molecular complexity index is 776. The number of hydrogen-bond acceptors (Lipinski definition) is 4. The average Bonchev–Trinajstić information content (AvgIpc) is 2.70. The summed E-state index contributed by atoms with van der Waals surface area (Å²) in [6.07, 6.45) is 0. The van der Waals surface area contributed by atoms with E-state index in [9.17, 15) is 4.79 Å². The molecule has 0 aromatic heterocycles. The number of nitrogens with one attached hydrogen (secondary N) is 1. The molecule has 2 aromatic rings. The van der Waals surface area contributed by atoms with Crippen LogP contribution in [0.15, 0.2) is 53.4 Å². The van der Waals surface area contributed by atoms with Gasteiger partial charge >= 0.3 is 0 Å². The molecule has 1 aliphatic heterocycles. The standard InChI is InChI=1S/C22H27ClN2O2S/c1-16(2)28-18-9-7-17(8-10-18)22(26)24-15-21(25-11-13-27-14-12-25)19-5-3-4-6-20(19)23/h3-10,16,21H,11-15H2,1-2H3,(H,24,26). The van der Waals surface area contributed by atoms with E-state index in [-0.39, 0.29) is 11.9 Å². The van der Waals surface area contributed by atoms with Crippen molar-refractivity contribution in [3.8, 4) is 0 Å². The van der Waals surface area contributed by atoms with Crippen LogP contribution < -0.4 is 5.32 Å². The number of carbonyl (C=O) groups is 1. The minimum Gasteiger partial charge on any atom is -0.379 e. The summed E-state index contributed by atoms with van der Waals surface area (Å²) in [7, 11) is 0. The number of halogens is 1. The van der Waals surface area contributed by atoms with Gasteiger partial charge in [-0.3, -0.25) is 9.69 Å². The van der Waals surface area contributed by atoms with Crippen LogP contribution in [0, 0.1) is 0 Å². The molecule has 0 aliphatic carbocycles. The first-order chi connectivity index (χ1) is 13.5. The van der Waals surface area contributed by atoms with E-state index >= 15 is 0 Å². The number of morpholine rings is 1. The highest BCUT2D eigenvalue weighted by Gasteiger charge is 2.25. The highest BCUT2D eigenvalue weighted by Crippen LogP contribution is 2.28. The Hall–Kier alpha value is -1.53. The van der Waals surface area contributed by atoms with Crippen molar-refractivity contribution >= 4 is 29.3 Å². The molecule has 0 radical (unpaired) electrons. The van der Waals surface area contributed by atoms with E-state index in [2.05, 4.69) is 24.1 Å². The summed E-state index contributed by atoms with van der Waals surface area (Å²) >= 11 is 8.25. The molecule has 1 unspecified atom stereocenters. The van der Waals surface area contributed by atoms with Crippen molar-refractivity contribution in [2.24, 2.45) is 0 Å². The molecule has 1 fully saturated rings. The molecule has 1 heterocycles. The number of nitrogens with zero attached hydrogens (tertiary/aromatic N) is 1. The fourth-order valence-electron chi connectivity index (χ4n) is 3.32. The molecule has 1 amide bonds. The summed E-state index contributed by atoms with van der Waals surface area (Å²) in [6, 6.07) is 15.7. The van der Waals surface area contributed by atoms with E-state index in [1.54, 1.807) is 11.8 Å². The van der Waals surface area contributed by atoms with Crippen molar-refractivity contribution in [3.05, 3.63) is 64.7 Å². The summed E-state index contributed by atoms with van der Waals surface area (Å²) in [6.45, 7) is 7.87. The maximum absolute atomic E-state index is 12.7. The van der Waals surface area contributed by atoms with Crippen molar-refractivity contribution in [2.75, 3.05) is 32.8 Å². The molecule has 6 heteroatoms. The number of benzene rings is 2. The van der Waals surface area contributed by atoms with Gasteiger partial charge in [0.15, 0.2) is 0 Å². The van der Waals surface area contributed by atoms with Crippen molar-refractivity contribution < 1.29 is 9.53 Å². The zero-order valence-electron chi connectivity index (χ0n) is 16.4. The molecule has 4 nitrogen and oxygen atoms in total. The van der Waals surface area contributed by atoms with E-state index in [1.807, 2.05) is 48.5 Å². The lowest BCUT2D eigenvalue weighted by Gasteiger charge is -2.35. The van der Waals surface area contributed by atoms with Crippen LogP contribution in [-0.2, 0) is 4.74 Å². The minimum absolute atomic E-state index is 0.0253. The van der Waals surface area contributed by atoms with Gasteiger partial charge in [-0.05, 0) is 35.9 Å². The molecule has 1 atom stereocenters. The second kappa shape index (κ2) is 10.3. The predicted octanol–water partition coefficient (Wildman–Crippen LogP) is 4.64. The van der Waals surface area contributed by atoms with Crippen molar-refractivity contribution in [3.63, 3.8) is 0 Å². The highest BCUT2D eigenvalue weighted by atomic mass is 35.5. The van der Waals surface area contributed by atoms with Gasteiger partial charge in [-0.1, -0.05) is 43.6 Å². The molecule has 1 saturated heterocycles. The quantitative estimate of drug-likeness (QED) is 0.665. The van der Waals surface area contributed by atoms with Gasteiger partial charge in [0.1, 0.15) is 0 Å². The fourth-order valence-corrected chi connectivity index (χ4v) is 4.42. The zero-order chi connectivity index (χ0) is 19.9. The Morgan fingerprint density at radius 2 is 1.82 bits per heavy atom. The first kappa shape index (κ1) is 21.2. The number of thioether (sulfide) groups is 1. The van der Waals surface area contributed by atoms with E-state index in [0.717, 1.165) is 23.7 Å². The van der Waals surface area contributed by atoms with Crippen LogP contribution in [0.4, 0.5) is 0 Å². The number of amides is 1. The van der Waals surface area contributed by atoms with Crippen molar-refractivity contribution in [2.45, 2.75) is 30.0 Å². The molecule has 150 valence electrons. The highest BCUT2D eigenvalue weighted by molar-refractivity contribution is 7.99. The van der Waals surface area contributed by atoms with Gasteiger partial charge < -0.3 is 10.1 Å². The van der Waals surface area contributed by atoms with Crippen LogP contribution in [0.1, 0.15) is 35.8 Å². The minimum atomic E-state index is -0.0635. The van der Waals surface area contributed by atoms with E-state index in [1.165, 1.54) is 4.90 Å². The largest absolute Gasteiger partial charge is 0.379 e. The summed E-state index contributed by atoms with van der Waals surface area (Å²) in [5.74, 6) is -0.0635. The second-order valence-electron chi connectivity index (χ2n) is 7.09. The Morgan fingerprint density at radius 3 is 2.46 bits per heavy atom. The van der Waals surface area contributed by atoms with Gasteiger partial charge in [0.2, 0.25) is 0 Å². The molecule has 3 rings (SSSR count). The molecule has 0 bridgehead atoms. The Morgan fingerprint density at radius 1 is 1.14 bits per heavy atom. The first-order valence-corrected chi connectivity index (χ1v) is 10.9. The molecule has 1 aliphatic rings. The molecule has 2 aromatic carbocycles. The van der Waals surface area contributed by atoms with Gasteiger partial charge in [-0.2, -0.15) is 0 Å². The molecular weight excluding hydrogens is 392 g/mol. The summed E-state index contributed by atoms with van der Waals surface area (Å²) < 4.78 is 5.49. The predicted molar refractivity (Wildman–Crippen MR) is 116 cm³/mol. The maximum atomic E-state index is 12.7. The molecule has 1 N–H and O–H groups in total. The third kappa shape index (κ3) is 5.74. The SMILES string of the molecule is CC(C)Sc1ccc(C(=O)NCC(c2ccccc2Cl)N2CCOCC2)cc1. The Kier molecular flexibility index (Phi) is 7.80. The smallest absolute Gasteiger partial charge is 0.251 e. The van der Waals surface area contributed by atoms with Crippen LogP contribution in [0.5, 0.6) is 0 Å². The summed E-state index contributed by atoms with van der Waals surface area (Å²) in [5.41, 5.74) is 1.71. The monoisotopic (exact) mass is 418 g/mol. The number of hydrogen-bond donors (Lipinski definition) is 1. The van der Waals surface area contributed by atoms with Crippen LogP contribution in [0.3, 0.4) is 0 Å². The lowest BCUT2D eigenvalue weighted by atomic mass is 10.0. The van der Waals surface area contributed by atoms with E-state index in [0.29, 0.717) is 30.6 Å². The van der Waals surface area contributed by atoms with Crippen molar-refractivity contribution in [1.29, 1.82) is 0 Å². The second-order valence-corrected chi connectivity index (χ2v) is 9.14. The van der Waals surface area contributed by atoms with Crippen LogP contribution >= 0.6 is 23.4 Å². The summed E-state index contributed by atoms with van der Waals surface area (Å²) in [5, 5.41) is 4.34. The first-order valence-electron chi connectivity index (χ1n) is 9.65. The van der Waals surface area contributed by atoms with Crippen LogP contribution in [0.25, 0.3) is 0 Å². The Labute approximate surface area is 176 Å². The van der Waals surface area contributed by atoms with Gasteiger partial charge in [-0.25, -0.2) is 0 Å². The fraction of sp³-hybridized carbons (Fsp3) is 0.409. The molecule has 0 saturated carbocycles. The van der Waals surface area contributed by atoms with E-state index in [4.69, 9.17) is 16.3 Å². The molecule has 28 heavy (non-hydrogen) atoms. The topological polar surface area (TPSA) is 41.6 Å². The third-order valence-corrected chi connectivity index (χ3v) is 6.05. The van der Waals surface area contributed by atoms with Crippen molar-refractivity contribution in [1.82, 2.24) is 10.2 Å². The Balaban J connectivity index is 1.69. The van der Waals surface area contributed by atoms with Crippen LogP contribution in [-0.4, -0.2) is 48.9 Å². The average molecular weight is 419 g/mol. The lowest BCUT2D eigenvalue weighted by Crippen LogP contribution is -2.44. The van der Waals surface area contributed by atoms with Crippen LogP contribution in [0.2, 0.25) is 5.02 Å². The van der Waals surface area contributed by atoms with E-state index < -0.39 is 0 Å². The maximum Gasteiger partial charge on any atom is 0.251 e. The van der Waals surface area contributed by atoms with Gasteiger partial charge in [0.05, 0.1) is 19.3 Å². The number of carbonyl (C=O) groups excluding carboxylic acids is 1. The normalized spacial score (nSPS) is 16.1. The lowest BCUT2D eigenvalue weighted by molar-refractivity contribution is 0.0162. The zero-order valence-corrected chi connectivity index (χ0v) is 17.9. The third-order valence-electron chi connectivity index (χ3n) is 4.69. The van der Waals surface area contributed by atoms with Gasteiger partial charge in [-0.15, -0.1) is 11.8 Å². The number of rotatable bonds is 7.